The average molecular weight is 647 g/mol. The zero-order chi connectivity index (χ0) is 33.4. The lowest BCUT2D eigenvalue weighted by Gasteiger charge is -2.11. The molecular formula is C46H94. The summed E-state index contributed by atoms with van der Waals surface area (Å²) in [6, 6.07) is 0. The minimum Gasteiger partial charge on any atom is -0.0654 e. The van der Waals surface area contributed by atoms with Crippen LogP contribution in [-0.4, -0.2) is 0 Å². The van der Waals surface area contributed by atoms with Crippen LogP contribution in [0.25, 0.3) is 0 Å². The Morgan fingerprint density at radius 2 is 0.391 bits per heavy atom. The molecule has 0 aliphatic rings. The van der Waals surface area contributed by atoms with Crippen LogP contribution in [-0.2, 0) is 0 Å². The molecule has 0 spiro atoms. The Kier molecular flexibility index (Phi) is 41.2. The molecule has 0 heteroatoms. The summed E-state index contributed by atoms with van der Waals surface area (Å²) in [7, 11) is 0. The first-order valence-electron chi connectivity index (χ1n) is 22.7. The highest BCUT2D eigenvalue weighted by atomic mass is 14.1. The van der Waals surface area contributed by atoms with E-state index in [1.807, 2.05) is 0 Å². The highest BCUT2D eigenvalue weighted by Gasteiger charge is 2.03. The SMILES string of the molecule is CCCCCCCCCCCCCCCCCCCCC(C)CCCCCCCCCCCCCCCCCCCCCC(C)C. The Hall–Kier alpha value is 0. The summed E-state index contributed by atoms with van der Waals surface area (Å²) in [5.41, 5.74) is 0. The van der Waals surface area contributed by atoms with Crippen LogP contribution in [0.5, 0.6) is 0 Å². The fraction of sp³-hybridized carbons (Fsp3) is 1.00. The van der Waals surface area contributed by atoms with Crippen molar-refractivity contribution in [1.82, 2.24) is 0 Å². The molecule has 0 aromatic carbocycles. The second-order valence-corrected chi connectivity index (χ2v) is 16.6. The Labute approximate surface area is 295 Å². The molecule has 0 bridgehead atoms. The fourth-order valence-electron chi connectivity index (χ4n) is 7.59. The highest BCUT2D eigenvalue weighted by Crippen LogP contribution is 2.20. The average Bonchev–Trinajstić information content (AvgIpc) is 3.04. The maximum Gasteiger partial charge on any atom is -0.0443 e. The third-order valence-corrected chi connectivity index (χ3v) is 11.0. The Morgan fingerprint density at radius 3 is 0.587 bits per heavy atom. The van der Waals surface area contributed by atoms with Crippen molar-refractivity contribution in [1.29, 1.82) is 0 Å². The summed E-state index contributed by atoms with van der Waals surface area (Å²) in [6.45, 7) is 9.54. The first kappa shape index (κ1) is 46.0. The van der Waals surface area contributed by atoms with Gasteiger partial charge in [-0.2, -0.15) is 0 Å². The molecule has 0 aliphatic carbocycles. The first-order valence-corrected chi connectivity index (χ1v) is 22.7. The molecular weight excluding hydrogens is 553 g/mol. The third-order valence-electron chi connectivity index (χ3n) is 11.0. The summed E-state index contributed by atoms with van der Waals surface area (Å²) in [5, 5.41) is 0. The summed E-state index contributed by atoms with van der Waals surface area (Å²) >= 11 is 0. The van der Waals surface area contributed by atoms with Crippen LogP contribution in [0.15, 0.2) is 0 Å². The van der Waals surface area contributed by atoms with Crippen LogP contribution in [0.3, 0.4) is 0 Å². The summed E-state index contributed by atoms with van der Waals surface area (Å²) in [5.74, 6) is 1.86. The first-order chi connectivity index (χ1) is 22.7. The van der Waals surface area contributed by atoms with E-state index in [1.165, 1.54) is 257 Å². The molecule has 0 aliphatic heterocycles. The Morgan fingerprint density at radius 1 is 0.217 bits per heavy atom. The molecule has 0 nitrogen and oxygen atoms in total. The van der Waals surface area contributed by atoms with Gasteiger partial charge in [-0.15, -0.1) is 0 Å². The minimum atomic E-state index is 0.895. The molecule has 0 N–H and O–H groups in total. The van der Waals surface area contributed by atoms with E-state index in [4.69, 9.17) is 0 Å². The number of unbranched alkanes of at least 4 members (excludes halogenated alkanes) is 35. The number of hydrogen-bond donors (Lipinski definition) is 0. The van der Waals surface area contributed by atoms with E-state index < -0.39 is 0 Å². The van der Waals surface area contributed by atoms with Gasteiger partial charge >= 0.3 is 0 Å². The van der Waals surface area contributed by atoms with Gasteiger partial charge in [-0.25, -0.2) is 0 Å². The lowest BCUT2D eigenvalue weighted by Crippen LogP contribution is -1.95. The van der Waals surface area contributed by atoms with Gasteiger partial charge in [0.15, 0.2) is 0 Å². The third kappa shape index (κ3) is 42.0. The normalized spacial score (nSPS) is 12.5. The van der Waals surface area contributed by atoms with Gasteiger partial charge in [-0.3, -0.25) is 0 Å². The van der Waals surface area contributed by atoms with Crippen LogP contribution < -0.4 is 0 Å². The van der Waals surface area contributed by atoms with E-state index in [0.29, 0.717) is 0 Å². The van der Waals surface area contributed by atoms with Crippen LogP contribution in [0, 0.1) is 11.8 Å². The predicted molar refractivity (Wildman–Crippen MR) is 214 cm³/mol. The summed E-state index contributed by atoms with van der Waals surface area (Å²) < 4.78 is 0. The fourth-order valence-corrected chi connectivity index (χ4v) is 7.59. The van der Waals surface area contributed by atoms with Gasteiger partial charge in [0.2, 0.25) is 0 Å². The van der Waals surface area contributed by atoms with Crippen molar-refractivity contribution in [3.63, 3.8) is 0 Å². The molecule has 0 aromatic rings. The van der Waals surface area contributed by atoms with Crippen LogP contribution >= 0.6 is 0 Å². The smallest absolute Gasteiger partial charge is 0.0443 e. The standard InChI is InChI=1S/C46H94/c1-5-6-7-8-9-10-11-12-13-14-19-22-25-28-31-34-37-40-43-46(4)44-41-38-35-32-29-26-23-20-17-15-16-18-21-24-27-30-33-36-39-42-45(2)3/h45-46H,5-44H2,1-4H3. The molecule has 46 heavy (non-hydrogen) atoms. The van der Waals surface area contributed by atoms with Gasteiger partial charge in [0, 0.05) is 0 Å². The van der Waals surface area contributed by atoms with Gasteiger partial charge in [0.1, 0.15) is 0 Å². The van der Waals surface area contributed by atoms with Crippen molar-refractivity contribution >= 4 is 0 Å². The second kappa shape index (κ2) is 41.2. The maximum atomic E-state index is 2.52. The second-order valence-electron chi connectivity index (χ2n) is 16.6. The minimum absolute atomic E-state index is 0.895. The van der Waals surface area contributed by atoms with Crippen molar-refractivity contribution in [2.75, 3.05) is 0 Å². The molecule has 0 fully saturated rings. The quantitative estimate of drug-likeness (QED) is 0.0580. The van der Waals surface area contributed by atoms with Crippen LogP contribution in [0.2, 0.25) is 0 Å². The molecule has 278 valence electrons. The zero-order valence-corrected chi connectivity index (χ0v) is 33.4. The number of rotatable bonds is 41. The van der Waals surface area contributed by atoms with Gasteiger partial charge in [-0.05, 0) is 11.8 Å². The predicted octanol–water partition coefficient (Wildman–Crippen LogP) is 17.9. The molecule has 0 radical (unpaired) electrons. The van der Waals surface area contributed by atoms with Crippen molar-refractivity contribution in [3.05, 3.63) is 0 Å². The number of hydrogen-bond acceptors (Lipinski definition) is 0. The molecule has 0 saturated carbocycles. The van der Waals surface area contributed by atoms with E-state index in [0.717, 1.165) is 11.8 Å². The van der Waals surface area contributed by atoms with Crippen molar-refractivity contribution in [3.8, 4) is 0 Å². The monoisotopic (exact) mass is 647 g/mol. The van der Waals surface area contributed by atoms with E-state index in [1.54, 1.807) is 0 Å². The maximum absolute atomic E-state index is 2.52. The van der Waals surface area contributed by atoms with Crippen molar-refractivity contribution in [2.45, 2.75) is 285 Å². The largest absolute Gasteiger partial charge is 0.0654 e. The van der Waals surface area contributed by atoms with Crippen molar-refractivity contribution < 1.29 is 0 Å². The molecule has 0 rings (SSSR count). The Balaban J connectivity index is 3.14. The molecule has 1 atom stereocenters. The molecule has 0 amide bonds. The van der Waals surface area contributed by atoms with Gasteiger partial charge in [0.05, 0.1) is 0 Å². The topological polar surface area (TPSA) is 0 Å². The lowest BCUT2D eigenvalue weighted by molar-refractivity contribution is 0.429. The molecule has 0 saturated heterocycles. The zero-order valence-electron chi connectivity index (χ0n) is 33.4. The Bertz CT molecular complexity index is 506. The van der Waals surface area contributed by atoms with Crippen molar-refractivity contribution in [2.24, 2.45) is 11.8 Å². The van der Waals surface area contributed by atoms with E-state index in [9.17, 15) is 0 Å². The van der Waals surface area contributed by atoms with E-state index >= 15 is 0 Å². The molecule has 0 heterocycles. The summed E-state index contributed by atoms with van der Waals surface area (Å²) in [4.78, 5) is 0. The highest BCUT2D eigenvalue weighted by molar-refractivity contribution is 4.57. The van der Waals surface area contributed by atoms with Gasteiger partial charge in [-0.1, -0.05) is 285 Å². The van der Waals surface area contributed by atoms with E-state index in [-0.39, 0.29) is 0 Å². The molecule has 1 unspecified atom stereocenters. The van der Waals surface area contributed by atoms with Crippen LogP contribution in [0.4, 0.5) is 0 Å². The van der Waals surface area contributed by atoms with Gasteiger partial charge < -0.3 is 0 Å². The summed E-state index contributed by atoms with van der Waals surface area (Å²) in [6.07, 6.45) is 59.3. The lowest BCUT2D eigenvalue weighted by atomic mass is 9.95. The van der Waals surface area contributed by atoms with Gasteiger partial charge in [0.25, 0.3) is 0 Å². The van der Waals surface area contributed by atoms with Crippen LogP contribution in [0.1, 0.15) is 285 Å². The van der Waals surface area contributed by atoms with E-state index in [2.05, 4.69) is 27.7 Å². The molecule has 0 aromatic heterocycles.